The molecule has 0 aliphatic carbocycles. The van der Waals surface area contributed by atoms with E-state index in [2.05, 4.69) is 10.00 Å². The smallest absolute Gasteiger partial charge is 0.294 e. The van der Waals surface area contributed by atoms with Crippen molar-refractivity contribution in [3.63, 3.8) is 0 Å². The maximum absolute atomic E-state index is 11.4. The predicted molar refractivity (Wildman–Crippen MR) is 88.7 cm³/mol. The van der Waals surface area contributed by atoms with Gasteiger partial charge in [0.2, 0.25) is 0 Å². The van der Waals surface area contributed by atoms with Crippen molar-refractivity contribution in [2.24, 2.45) is 7.05 Å². The highest BCUT2D eigenvalue weighted by atomic mass is 35.5. The van der Waals surface area contributed by atoms with Gasteiger partial charge in [-0.25, -0.2) is 0 Å². The zero-order valence-corrected chi connectivity index (χ0v) is 13.5. The molecule has 1 aromatic heterocycles. The topological polar surface area (TPSA) is 64.2 Å². The molecule has 8 heteroatoms. The van der Waals surface area contributed by atoms with Gasteiger partial charge in [-0.15, -0.1) is 0 Å². The Hall–Kier alpha value is -1.73. The van der Waals surface area contributed by atoms with Gasteiger partial charge in [0.25, 0.3) is 5.69 Å². The van der Waals surface area contributed by atoms with Crippen molar-refractivity contribution in [1.29, 1.82) is 0 Å². The summed E-state index contributed by atoms with van der Waals surface area (Å²) < 4.78 is 1.75. The molecule has 0 unspecified atom stereocenters. The number of halogens is 1. The van der Waals surface area contributed by atoms with Crippen LogP contribution in [0.1, 0.15) is 11.6 Å². The summed E-state index contributed by atoms with van der Waals surface area (Å²) in [6.45, 7) is 0.757. The summed E-state index contributed by atoms with van der Waals surface area (Å²) in [5.41, 5.74) is 1.73. The molecule has 0 bridgehead atoms. The highest BCUT2D eigenvalue weighted by molar-refractivity contribution is 7.99. The maximum atomic E-state index is 11.4. The zero-order valence-electron chi connectivity index (χ0n) is 12.0. The second-order valence-corrected chi connectivity index (χ2v) is 6.71. The van der Waals surface area contributed by atoms with E-state index in [1.807, 2.05) is 31.2 Å². The SMILES string of the molecule is Cn1cc([C@@H]2CSCCN2c2ccc(Cl)cc2[N+](=O)[O-])cn1. The van der Waals surface area contributed by atoms with Gasteiger partial charge in [0, 0.05) is 47.9 Å². The molecular formula is C14H15ClN4O2S. The van der Waals surface area contributed by atoms with Crippen LogP contribution in [0.25, 0.3) is 0 Å². The fourth-order valence-corrected chi connectivity index (χ4v) is 3.92. The molecule has 6 nitrogen and oxygen atoms in total. The van der Waals surface area contributed by atoms with Crippen molar-refractivity contribution < 1.29 is 4.92 Å². The lowest BCUT2D eigenvalue weighted by Gasteiger charge is -2.36. The zero-order chi connectivity index (χ0) is 15.7. The molecule has 0 saturated carbocycles. The maximum Gasteiger partial charge on any atom is 0.294 e. The van der Waals surface area contributed by atoms with Crippen molar-refractivity contribution in [3.8, 4) is 0 Å². The Morgan fingerprint density at radius 1 is 1.50 bits per heavy atom. The van der Waals surface area contributed by atoms with Crippen molar-refractivity contribution in [3.05, 3.63) is 51.3 Å². The quantitative estimate of drug-likeness (QED) is 0.634. The average Bonchev–Trinajstić information content (AvgIpc) is 2.93. The van der Waals surface area contributed by atoms with Crippen LogP contribution >= 0.6 is 23.4 Å². The minimum atomic E-state index is -0.372. The van der Waals surface area contributed by atoms with E-state index in [0.717, 1.165) is 23.6 Å². The first kappa shape index (κ1) is 15.2. The lowest BCUT2D eigenvalue weighted by Crippen LogP contribution is -2.36. The largest absolute Gasteiger partial charge is 0.357 e. The molecule has 3 rings (SSSR count). The Morgan fingerprint density at radius 2 is 2.32 bits per heavy atom. The molecular weight excluding hydrogens is 324 g/mol. The molecule has 0 N–H and O–H groups in total. The Balaban J connectivity index is 2.02. The molecule has 0 amide bonds. The van der Waals surface area contributed by atoms with E-state index < -0.39 is 0 Å². The number of rotatable bonds is 3. The van der Waals surface area contributed by atoms with Gasteiger partial charge in [-0.3, -0.25) is 14.8 Å². The average molecular weight is 339 g/mol. The van der Waals surface area contributed by atoms with E-state index in [0.29, 0.717) is 10.7 Å². The molecule has 1 aliphatic heterocycles. The summed E-state index contributed by atoms with van der Waals surface area (Å²) in [6, 6.07) is 4.93. The highest BCUT2D eigenvalue weighted by Gasteiger charge is 2.30. The van der Waals surface area contributed by atoms with E-state index in [1.165, 1.54) is 6.07 Å². The van der Waals surface area contributed by atoms with Gasteiger partial charge in [-0.2, -0.15) is 16.9 Å². The monoisotopic (exact) mass is 338 g/mol. The van der Waals surface area contributed by atoms with Gasteiger partial charge in [-0.05, 0) is 12.1 Å². The van der Waals surface area contributed by atoms with E-state index in [9.17, 15) is 10.1 Å². The molecule has 1 atom stereocenters. The molecule has 116 valence electrons. The summed E-state index contributed by atoms with van der Waals surface area (Å²) in [5.74, 6) is 1.82. The molecule has 1 aliphatic rings. The molecule has 0 radical (unpaired) electrons. The predicted octanol–water partition coefficient (Wildman–Crippen LogP) is 3.28. The Kier molecular flexibility index (Phi) is 4.26. The lowest BCUT2D eigenvalue weighted by molar-refractivity contribution is -0.384. The second-order valence-electron chi connectivity index (χ2n) is 5.12. The molecule has 2 heterocycles. The van der Waals surface area contributed by atoms with Gasteiger partial charge < -0.3 is 4.90 Å². The van der Waals surface area contributed by atoms with Gasteiger partial charge >= 0.3 is 0 Å². The molecule has 1 saturated heterocycles. The summed E-state index contributed by atoms with van der Waals surface area (Å²) in [7, 11) is 1.87. The molecule has 22 heavy (non-hydrogen) atoms. The summed E-state index contributed by atoms with van der Waals surface area (Å²) in [6.07, 6.45) is 3.79. The number of hydrogen-bond acceptors (Lipinski definition) is 5. The first-order chi connectivity index (χ1) is 10.6. The molecule has 1 aromatic carbocycles. The van der Waals surface area contributed by atoms with E-state index in [-0.39, 0.29) is 16.7 Å². The second kappa shape index (κ2) is 6.18. The normalized spacial score (nSPS) is 18.5. The fourth-order valence-electron chi connectivity index (χ4n) is 2.67. The van der Waals surface area contributed by atoms with Gasteiger partial charge in [0.15, 0.2) is 0 Å². The van der Waals surface area contributed by atoms with Crippen LogP contribution in [0.2, 0.25) is 5.02 Å². The number of benzene rings is 1. The minimum absolute atomic E-state index is 0.0493. The Bertz CT molecular complexity index is 706. The minimum Gasteiger partial charge on any atom is -0.357 e. The fraction of sp³-hybridized carbons (Fsp3) is 0.357. The van der Waals surface area contributed by atoms with Crippen molar-refractivity contribution in [2.75, 3.05) is 23.0 Å². The van der Waals surface area contributed by atoms with E-state index in [1.54, 1.807) is 16.8 Å². The number of nitrogens with zero attached hydrogens (tertiary/aromatic N) is 4. The van der Waals surface area contributed by atoms with E-state index >= 15 is 0 Å². The standard InChI is InChI=1S/C14H15ClN4O2S/c1-17-8-10(7-16-17)14-9-22-5-4-18(14)12-3-2-11(15)6-13(12)19(20)21/h2-3,6-8,14H,4-5,9H2,1H3/t14-/m0/s1. The third-order valence-corrected chi connectivity index (χ3v) is 4.94. The van der Waals surface area contributed by atoms with Crippen LogP contribution in [0.3, 0.4) is 0 Å². The lowest BCUT2D eigenvalue weighted by atomic mass is 10.1. The Morgan fingerprint density at radius 3 is 3.00 bits per heavy atom. The van der Waals surface area contributed by atoms with Crippen LogP contribution in [-0.4, -0.2) is 32.8 Å². The number of aromatic nitrogens is 2. The number of aryl methyl sites for hydroxylation is 1. The summed E-state index contributed by atoms with van der Waals surface area (Å²) in [5, 5.41) is 16.0. The number of thioether (sulfide) groups is 1. The van der Waals surface area contributed by atoms with Crippen molar-refractivity contribution in [1.82, 2.24) is 9.78 Å². The molecule has 1 fully saturated rings. The van der Waals surface area contributed by atoms with Crippen LogP contribution in [0.15, 0.2) is 30.6 Å². The number of anilines is 1. The molecule has 0 spiro atoms. The van der Waals surface area contributed by atoms with Crippen LogP contribution < -0.4 is 4.90 Å². The summed E-state index contributed by atoms with van der Waals surface area (Å²) in [4.78, 5) is 13.1. The number of nitro benzene ring substituents is 1. The van der Waals surface area contributed by atoms with Gasteiger partial charge in [-0.1, -0.05) is 11.6 Å². The highest BCUT2D eigenvalue weighted by Crippen LogP contribution is 2.39. The number of hydrogen-bond donors (Lipinski definition) is 0. The molecule has 2 aromatic rings. The van der Waals surface area contributed by atoms with Gasteiger partial charge in [0.1, 0.15) is 5.69 Å². The van der Waals surface area contributed by atoms with Crippen LogP contribution in [0.5, 0.6) is 0 Å². The third kappa shape index (κ3) is 2.91. The Labute approximate surface area is 137 Å². The van der Waals surface area contributed by atoms with Crippen LogP contribution in [0, 0.1) is 10.1 Å². The number of nitro groups is 1. The van der Waals surface area contributed by atoms with Crippen molar-refractivity contribution in [2.45, 2.75) is 6.04 Å². The first-order valence-electron chi connectivity index (χ1n) is 6.83. The summed E-state index contributed by atoms with van der Waals surface area (Å²) >= 11 is 7.76. The van der Waals surface area contributed by atoms with Crippen LogP contribution in [0.4, 0.5) is 11.4 Å². The first-order valence-corrected chi connectivity index (χ1v) is 8.36. The third-order valence-electron chi connectivity index (χ3n) is 3.68. The van der Waals surface area contributed by atoms with E-state index in [4.69, 9.17) is 11.6 Å². The van der Waals surface area contributed by atoms with Crippen LogP contribution in [-0.2, 0) is 7.05 Å². The van der Waals surface area contributed by atoms with Gasteiger partial charge in [0.05, 0.1) is 17.2 Å². The van der Waals surface area contributed by atoms with Crippen molar-refractivity contribution >= 4 is 34.7 Å².